The van der Waals surface area contributed by atoms with Gasteiger partial charge < -0.3 is 4.74 Å². The standard InChI is InChI=1S/C9H16N4O2/c1-4-15-9(14)5-6-12-7-8-13(10-12)11(2)3/h5-8,10H,4H2,1-3H3. The Kier molecular flexibility index (Phi) is 4.14. The van der Waals surface area contributed by atoms with Crippen LogP contribution in [0, 0.1) is 0 Å². The van der Waals surface area contributed by atoms with E-state index in [9.17, 15) is 4.79 Å². The quantitative estimate of drug-likeness (QED) is 0.525. The third-order valence-electron chi connectivity index (χ3n) is 1.68. The van der Waals surface area contributed by atoms with Gasteiger partial charge in [-0.1, -0.05) is 0 Å². The number of carbonyl (C=O) groups excluding carboxylic acids is 1. The van der Waals surface area contributed by atoms with Crippen LogP contribution in [0.25, 0.3) is 0 Å². The number of hydrogen-bond donors (Lipinski definition) is 1. The number of ether oxygens (including phenoxy) is 1. The molecule has 0 saturated heterocycles. The van der Waals surface area contributed by atoms with E-state index in [0.717, 1.165) is 0 Å². The molecule has 0 unspecified atom stereocenters. The Labute approximate surface area is 89.3 Å². The van der Waals surface area contributed by atoms with E-state index in [1.165, 1.54) is 6.08 Å². The smallest absolute Gasteiger partial charge is 0.332 e. The summed E-state index contributed by atoms with van der Waals surface area (Å²) in [5.74, 6) is -0.351. The van der Waals surface area contributed by atoms with Crippen LogP contribution in [0.1, 0.15) is 6.92 Å². The second-order valence-corrected chi connectivity index (χ2v) is 3.06. The van der Waals surface area contributed by atoms with Gasteiger partial charge in [-0.25, -0.2) is 14.9 Å². The van der Waals surface area contributed by atoms with Crippen molar-refractivity contribution in [1.29, 1.82) is 0 Å². The van der Waals surface area contributed by atoms with Crippen LogP contribution in [0.4, 0.5) is 0 Å². The number of nitrogens with zero attached hydrogens (tertiary/aromatic N) is 3. The summed E-state index contributed by atoms with van der Waals surface area (Å²) in [6.45, 7) is 2.16. The van der Waals surface area contributed by atoms with Gasteiger partial charge in [0.15, 0.2) is 0 Å². The SMILES string of the molecule is CCOC(=O)C=CN1C=CN(N(C)C)N1. The molecule has 0 fully saturated rings. The molecule has 1 heterocycles. The van der Waals surface area contributed by atoms with E-state index in [-0.39, 0.29) is 5.97 Å². The first-order valence-electron chi connectivity index (χ1n) is 4.68. The molecule has 1 rings (SSSR count). The summed E-state index contributed by atoms with van der Waals surface area (Å²) in [5, 5.41) is 5.26. The molecular weight excluding hydrogens is 196 g/mol. The summed E-state index contributed by atoms with van der Waals surface area (Å²) >= 11 is 0. The summed E-state index contributed by atoms with van der Waals surface area (Å²) in [6, 6.07) is 0. The van der Waals surface area contributed by atoms with E-state index < -0.39 is 0 Å². The van der Waals surface area contributed by atoms with Gasteiger partial charge >= 0.3 is 5.97 Å². The average Bonchev–Trinajstić information content (AvgIpc) is 2.63. The van der Waals surface area contributed by atoms with Crippen LogP contribution < -0.4 is 5.53 Å². The molecule has 0 radical (unpaired) electrons. The highest BCUT2D eigenvalue weighted by atomic mass is 16.5. The first kappa shape index (κ1) is 11.5. The normalized spacial score (nSPS) is 15.7. The molecule has 0 aromatic rings. The fourth-order valence-corrected chi connectivity index (χ4v) is 0.957. The van der Waals surface area contributed by atoms with Crippen molar-refractivity contribution in [3.8, 4) is 0 Å². The molecule has 1 N–H and O–H groups in total. The average molecular weight is 212 g/mol. The van der Waals surface area contributed by atoms with Crippen molar-refractivity contribution < 1.29 is 9.53 Å². The molecule has 0 saturated carbocycles. The molecular formula is C9H16N4O2. The van der Waals surface area contributed by atoms with Crippen molar-refractivity contribution in [1.82, 2.24) is 20.7 Å². The second-order valence-electron chi connectivity index (χ2n) is 3.06. The van der Waals surface area contributed by atoms with Crippen LogP contribution in [0.2, 0.25) is 0 Å². The minimum atomic E-state index is -0.351. The van der Waals surface area contributed by atoms with Crippen molar-refractivity contribution >= 4 is 5.97 Å². The number of nitrogens with one attached hydrogen (secondary N) is 1. The predicted octanol–water partition coefficient (Wildman–Crippen LogP) is 0.0482. The van der Waals surface area contributed by atoms with Gasteiger partial charge in [-0.3, -0.25) is 5.01 Å². The van der Waals surface area contributed by atoms with Crippen molar-refractivity contribution in [3.63, 3.8) is 0 Å². The minimum absolute atomic E-state index is 0.351. The fourth-order valence-electron chi connectivity index (χ4n) is 0.957. The molecule has 0 aromatic heterocycles. The number of hydrazine groups is 3. The summed E-state index contributed by atoms with van der Waals surface area (Å²) < 4.78 is 4.75. The Morgan fingerprint density at radius 1 is 1.53 bits per heavy atom. The summed E-state index contributed by atoms with van der Waals surface area (Å²) in [7, 11) is 3.80. The number of esters is 1. The fraction of sp³-hybridized carbons (Fsp3) is 0.444. The van der Waals surface area contributed by atoms with E-state index in [2.05, 4.69) is 5.53 Å². The number of hydrogen-bond acceptors (Lipinski definition) is 6. The summed E-state index contributed by atoms with van der Waals surface area (Å²) in [6.07, 6.45) is 6.57. The zero-order valence-corrected chi connectivity index (χ0v) is 9.17. The molecule has 6 nitrogen and oxygen atoms in total. The largest absolute Gasteiger partial charge is 0.463 e. The lowest BCUT2D eigenvalue weighted by atomic mass is 10.6. The third-order valence-corrected chi connectivity index (χ3v) is 1.68. The lowest BCUT2D eigenvalue weighted by molar-refractivity contribution is -0.137. The van der Waals surface area contributed by atoms with Crippen molar-refractivity contribution in [3.05, 3.63) is 24.7 Å². The lowest BCUT2D eigenvalue weighted by Crippen LogP contribution is -2.44. The lowest BCUT2D eigenvalue weighted by Gasteiger charge is -2.25. The van der Waals surface area contributed by atoms with E-state index in [4.69, 9.17) is 4.74 Å². The molecule has 84 valence electrons. The highest BCUT2D eigenvalue weighted by Crippen LogP contribution is 2.01. The minimum Gasteiger partial charge on any atom is -0.463 e. The molecule has 0 aliphatic carbocycles. The first-order valence-corrected chi connectivity index (χ1v) is 4.68. The zero-order chi connectivity index (χ0) is 11.3. The Hall–Kier alpha value is -1.53. The predicted molar refractivity (Wildman–Crippen MR) is 55.4 cm³/mol. The van der Waals surface area contributed by atoms with Crippen molar-refractivity contribution in [2.24, 2.45) is 0 Å². The molecule has 15 heavy (non-hydrogen) atoms. The van der Waals surface area contributed by atoms with Crippen molar-refractivity contribution in [2.75, 3.05) is 20.7 Å². The van der Waals surface area contributed by atoms with Gasteiger partial charge in [0.05, 0.1) is 12.8 Å². The maximum atomic E-state index is 11.0. The van der Waals surface area contributed by atoms with Crippen LogP contribution in [-0.4, -0.2) is 41.8 Å². The van der Waals surface area contributed by atoms with Gasteiger partial charge in [0.25, 0.3) is 0 Å². The van der Waals surface area contributed by atoms with Crippen LogP contribution in [-0.2, 0) is 9.53 Å². The maximum Gasteiger partial charge on any atom is 0.332 e. The third kappa shape index (κ3) is 3.61. The molecule has 0 spiro atoms. The Morgan fingerprint density at radius 3 is 2.80 bits per heavy atom. The molecule has 6 heteroatoms. The topological polar surface area (TPSA) is 48.1 Å². The Bertz CT molecular complexity index is 275. The van der Waals surface area contributed by atoms with E-state index in [1.807, 2.05) is 25.3 Å². The monoisotopic (exact) mass is 212 g/mol. The molecule has 1 aliphatic rings. The van der Waals surface area contributed by atoms with Crippen molar-refractivity contribution in [2.45, 2.75) is 6.92 Å². The van der Waals surface area contributed by atoms with E-state index in [1.54, 1.807) is 29.5 Å². The molecule has 1 aliphatic heterocycles. The van der Waals surface area contributed by atoms with Gasteiger partial charge in [-0.05, 0) is 6.92 Å². The van der Waals surface area contributed by atoms with Gasteiger partial charge in [-0.15, -0.1) is 5.53 Å². The molecule has 0 atom stereocenters. The van der Waals surface area contributed by atoms with E-state index >= 15 is 0 Å². The highest BCUT2D eigenvalue weighted by Gasteiger charge is 2.10. The number of carbonyl (C=O) groups is 1. The van der Waals surface area contributed by atoms with Crippen LogP contribution in [0.15, 0.2) is 24.7 Å². The maximum absolute atomic E-state index is 11.0. The second kappa shape index (κ2) is 5.38. The van der Waals surface area contributed by atoms with Gasteiger partial charge in [0.2, 0.25) is 0 Å². The summed E-state index contributed by atoms with van der Waals surface area (Å²) in [4.78, 5) is 11.0. The molecule has 0 amide bonds. The van der Waals surface area contributed by atoms with Crippen LogP contribution >= 0.6 is 0 Å². The Morgan fingerprint density at radius 2 is 2.27 bits per heavy atom. The van der Waals surface area contributed by atoms with Crippen LogP contribution in [0.3, 0.4) is 0 Å². The summed E-state index contributed by atoms with van der Waals surface area (Å²) in [5.41, 5.74) is 2.97. The van der Waals surface area contributed by atoms with Gasteiger partial charge in [0.1, 0.15) is 0 Å². The van der Waals surface area contributed by atoms with Gasteiger partial charge in [-0.2, -0.15) is 0 Å². The molecule has 0 bridgehead atoms. The van der Waals surface area contributed by atoms with Crippen LogP contribution in [0.5, 0.6) is 0 Å². The number of rotatable bonds is 4. The molecule has 0 aromatic carbocycles. The van der Waals surface area contributed by atoms with Gasteiger partial charge in [0, 0.05) is 32.6 Å². The highest BCUT2D eigenvalue weighted by molar-refractivity contribution is 5.81. The zero-order valence-electron chi connectivity index (χ0n) is 9.17. The van der Waals surface area contributed by atoms with E-state index in [0.29, 0.717) is 6.61 Å². The Balaban J connectivity index is 2.36. The first-order chi connectivity index (χ1) is 7.13.